The molecule has 0 saturated heterocycles. The van der Waals surface area contributed by atoms with Gasteiger partial charge in [-0.1, -0.05) is 288 Å². The molecule has 17 rings (SSSR count). The second kappa shape index (κ2) is 49.3. The van der Waals surface area contributed by atoms with Gasteiger partial charge in [0.15, 0.2) is 0 Å². The minimum atomic E-state index is 0. The molecule has 635 valence electrons. The van der Waals surface area contributed by atoms with E-state index >= 15 is 0 Å². The quantitative estimate of drug-likeness (QED) is 0.113. The molecule has 11 aromatic carbocycles. The van der Waals surface area contributed by atoms with E-state index in [-0.39, 0.29) is 117 Å². The molecule has 0 bridgehead atoms. The number of hydrogen-bond acceptors (Lipinski definition) is 6. The van der Waals surface area contributed by atoms with Crippen molar-refractivity contribution in [2.75, 3.05) is 0 Å². The summed E-state index contributed by atoms with van der Waals surface area (Å²) in [5.74, 6) is 0.506. The van der Waals surface area contributed by atoms with E-state index in [4.69, 9.17) is 0 Å². The van der Waals surface area contributed by atoms with Crippen molar-refractivity contribution in [2.45, 2.75) is 112 Å². The second-order valence-electron chi connectivity index (χ2n) is 32.6. The Morgan fingerprint density at radius 2 is 0.524 bits per heavy atom. The molecule has 0 fully saturated rings. The van der Waals surface area contributed by atoms with Gasteiger partial charge in [0.05, 0.1) is 0 Å². The Morgan fingerprint density at radius 1 is 0.218 bits per heavy atom. The zero-order valence-corrected chi connectivity index (χ0v) is 84.2. The van der Waals surface area contributed by atoms with Crippen LogP contribution in [0.15, 0.2) is 377 Å². The smallest absolute Gasteiger partial charge is 0.0198 e. The first-order valence-corrected chi connectivity index (χ1v) is 40.6. The molecule has 0 amide bonds. The summed E-state index contributed by atoms with van der Waals surface area (Å²) >= 11 is 0. The molecule has 0 atom stereocenters. The van der Waals surface area contributed by atoms with E-state index < -0.39 is 0 Å². The molecule has 0 aliphatic carbocycles. The largest absolute Gasteiger partial charge is 0.305 e. The number of benzene rings is 11. The minimum Gasteiger partial charge on any atom is -0.305 e. The third-order valence-corrected chi connectivity index (χ3v) is 20.3. The Balaban J connectivity index is 0.000000204. The molecule has 6 nitrogen and oxygen atoms in total. The fourth-order valence-corrected chi connectivity index (χ4v) is 13.0. The van der Waals surface area contributed by atoms with Crippen molar-refractivity contribution >= 4 is 0 Å². The van der Waals surface area contributed by atoms with Crippen LogP contribution >= 0.6 is 0 Å². The number of aryl methyl sites for hydroxylation is 2. The van der Waals surface area contributed by atoms with Gasteiger partial charge >= 0.3 is 0 Å². The van der Waals surface area contributed by atoms with E-state index in [1.807, 2.05) is 134 Å². The molecular formula is C113H102Ir5N6-6. The fraction of sp³-hybridized carbons (Fsp3) is 0.150. The van der Waals surface area contributed by atoms with Crippen molar-refractivity contribution in [3.8, 4) is 123 Å². The standard InChI is InChI=1S/3C21H20N.C20H18N.C19H16N.C11H8N.5Ir/c2*1-21(2,3)19-12-13-22-20(15-19)18-11-7-10-17(14-18)16-8-5-4-6-9-16;1-21(2,3)19-12-13-20(22-15-19)18-11-7-10-17(14-18)16-8-5-4-6-9-16;1-15(2)19-11-12-20(21-14-19)18-10-6-9-17(13-18)16-7-4-3-5-8-16;1-14-11-19(20-13-15(14)2)18-10-6-9-17(12-18)16-7-4-3-5-8-16;1-2-6-10(7-3-1)11-8-4-5-9-12-11;;;;;/h3*4-10,12-15H,1-3H3;3-9,11-15H,1-2H3;3-9,11-13H,1-2H3;1-6,8-9H;;;;;/q6*-1;;;;;. The van der Waals surface area contributed by atoms with Crippen LogP contribution in [-0.4, -0.2) is 29.9 Å². The van der Waals surface area contributed by atoms with E-state index in [1.165, 1.54) is 89.0 Å². The zero-order chi connectivity index (χ0) is 83.6. The Bertz CT molecular complexity index is 5830. The van der Waals surface area contributed by atoms with Gasteiger partial charge < -0.3 is 29.9 Å². The predicted molar refractivity (Wildman–Crippen MR) is 498 cm³/mol. The van der Waals surface area contributed by atoms with E-state index in [1.54, 1.807) is 6.20 Å². The second-order valence-corrected chi connectivity index (χ2v) is 32.6. The van der Waals surface area contributed by atoms with E-state index in [2.05, 4.69) is 393 Å². The maximum Gasteiger partial charge on any atom is 0.0198 e. The Hall–Kier alpha value is -10.4. The first-order chi connectivity index (χ1) is 57.6. The average Bonchev–Trinajstić information content (AvgIpc) is 0.826. The molecule has 0 saturated carbocycles. The van der Waals surface area contributed by atoms with Crippen LogP contribution in [0.3, 0.4) is 0 Å². The first-order valence-electron chi connectivity index (χ1n) is 40.6. The topological polar surface area (TPSA) is 77.3 Å². The van der Waals surface area contributed by atoms with Gasteiger partial charge in [0.2, 0.25) is 0 Å². The molecule has 0 unspecified atom stereocenters. The Morgan fingerprint density at radius 3 is 0.823 bits per heavy atom. The minimum absolute atomic E-state index is 0. The maximum absolute atomic E-state index is 4.62. The fourth-order valence-electron chi connectivity index (χ4n) is 13.0. The zero-order valence-electron chi connectivity index (χ0n) is 72.2. The molecule has 0 spiro atoms. The summed E-state index contributed by atoms with van der Waals surface area (Å²) in [4.78, 5) is 27.0. The van der Waals surface area contributed by atoms with Crippen LogP contribution in [0.5, 0.6) is 0 Å². The normalized spacial score (nSPS) is 10.5. The SMILES string of the molecule is CC(C)(C)c1ccc(-c2[c-]ccc(-c3ccccc3)c2)nc1.CC(C)(C)c1ccnc(-c2[c-]ccc(-c3ccccc3)c2)c1.CC(C)(C)c1ccnc(-c2[c-]ccc(-c3ccccc3)c2)c1.CC(C)c1ccc(-c2[c-]ccc(-c3ccccc3)c2)nc1.Cc1cnc(-c2[c-]ccc(-c3ccccc3)c2)cc1C.[Ir].[Ir].[Ir].[Ir].[Ir].[c-]1ccccc1-c1ccccn1. The summed E-state index contributed by atoms with van der Waals surface area (Å²) in [6.07, 6.45) is 11.4. The van der Waals surface area contributed by atoms with Gasteiger partial charge in [-0.3, -0.25) is 0 Å². The monoisotopic (exact) mass is 2510 g/mol. The molecule has 124 heavy (non-hydrogen) atoms. The van der Waals surface area contributed by atoms with Crippen LogP contribution in [0.4, 0.5) is 0 Å². The Kier molecular flexibility index (Phi) is 40.0. The van der Waals surface area contributed by atoms with Crippen molar-refractivity contribution < 1.29 is 101 Å². The van der Waals surface area contributed by atoms with Crippen molar-refractivity contribution in [2.24, 2.45) is 0 Å². The molecular weight excluding hydrogens is 2400 g/mol. The van der Waals surface area contributed by atoms with E-state index in [0.717, 1.165) is 67.5 Å². The predicted octanol–water partition coefficient (Wildman–Crippen LogP) is 29.2. The summed E-state index contributed by atoms with van der Waals surface area (Å²) in [5, 5.41) is 0. The van der Waals surface area contributed by atoms with Crippen LogP contribution < -0.4 is 0 Å². The molecule has 17 aromatic rings. The van der Waals surface area contributed by atoms with Crippen LogP contribution in [0.1, 0.15) is 115 Å². The maximum atomic E-state index is 4.62. The molecule has 11 heteroatoms. The number of aromatic nitrogens is 6. The van der Waals surface area contributed by atoms with Gasteiger partial charge in [-0.15, -0.1) is 213 Å². The molecule has 0 aliphatic heterocycles. The summed E-state index contributed by atoms with van der Waals surface area (Å²) in [7, 11) is 0. The van der Waals surface area contributed by atoms with Gasteiger partial charge in [-0.2, -0.15) is 0 Å². The van der Waals surface area contributed by atoms with Crippen molar-refractivity contribution in [3.63, 3.8) is 0 Å². The average molecular weight is 2510 g/mol. The summed E-state index contributed by atoms with van der Waals surface area (Å²) in [6.45, 7) is 28.5. The molecule has 5 radical (unpaired) electrons. The molecule has 0 N–H and O–H groups in total. The first kappa shape index (κ1) is 101. The van der Waals surface area contributed by atoms with Gasteiger partial charge in [0, 0.05) is 138 Å². The third kappa shape index (κ3) is 29.6. The molecule has 6 aromatic heterocycles. The number of rotatable bonds is 12. The van der Waals surface area contributed by atoms with E-state index in [9.17, 15) is 0 Å². The number of pyridine rings is 6. The number of nitrogens with zero attached hydrogens (tertiary/aromatic N) is 6. The van der Waals surface area contributed by atoms with Crippen molar-refractivity contribution in [1.29, 1.82) is 0 Å². The van der Waals surface area contributed by atoms with Crippen LogP contribution in [0, 0.1) is 50.2 Å². The van der Waals surface area contributed by atoms with Gasteiger partial charge in [-0.25, -0.2) is 0 Å². The van der Waals surface area contributed by atoms with Gasteiger partial charge in [-0.05, 0) is 144 Å². The van der Waals surface area contributed by atoms with Crippen LogP contribution in [-0.2, 0) is 117 Å². The number of hydrogen-bond donors (Lipinski definition) is 0. The van der Waals surface area contributed by atoms with Gasteiger partial charge in [0.1, 0.15) is 0 Å². The molecule has 0 aliphatic rings. The molecule has 6 heterocycles. The third-order valence-electron chi connectivity index (χ3n) is 20.3. The van der Waals surface area contributed by atoms with Crippen molar-refractivity contribution in [3.05, 3.63) is 447 Å². The van der Waals surface area contributed by atoms with E-state index in [0.29, 0.717) is 5.92 Å². The van der Waals surface area contributed by atoms with Crippen molar-refractivity contribution in [1.82, 2.24) is 29.9 Å². The summed E-state index contributed by atoms with van der Waals surface area (Å²) < 4.78 is 0. The van der Waals surface area contributed by atoms with Gasteiger partial charge in [0.25, 0.3) is 0 Å². The Labute approximate surface area is 804 Å². The summed E-state index contributed by atoms with van der Waals surface area (Å²) in [6, 6.07) is 135. The summed E-state index contributed by atoms with van der Waals surface area (Å²) in [5.41, 5.74) is 32.0. The van der Waals surface area contributed by atoms with Crippen LogP contribution in [0.2, 0.25) is 0 Å². The van der Waals surface area contributed by atoms with Crippen LogP contribution in [0.25, 0.3) is 123 Å².